The highest BCUT2D eigenvalue weighted by Gasteiger charge is 2.04. The number of hydrazine groups is 1. The van der Waals surface area contributed by atoms with Gasteiger partial charge in [0.25, 0.3) is 5.91 Å². The molecule has 0 spiro atoms. The number of aromatic nitrogens is 1. The third-order valence-electron chi connectivity index (χ3n) is 2.67. The number of rotatable bonds is 4. The smallest absolute Gasteiger partial charge is 0.269 e. The Kier molecular flexibility index (Phi) is 3.93. The molecular formula is C15H15N3O. The van der Waals surface area contributed by atoms with E-state index in [1.165, 1.54) is 5.56 Å². The van der Waals surface area contributed by atoms with E-state index in [0.29, 0.717) is 11.3 Å². The third-order valence-corrected chi connectivity index (χ3v) is 2.67. The van der Waals surface area contributed by atoms with Crippen molar-refractivity contribution < 1.29 is 4.79 Å². The summed E-state index contributed by atoms with van der Waals surface area (Å²) in [7, 11) is 0. The van der Waals surface area contributed by atoms with Crippen LogP contribution in [0.3, 0.4) is 0 Å². The summed E-state index contributed by atoms with van der Waals surface area (Å²) in [5.41, 5.74) is 8.69. The molecular weight excluding hydrogens is 238 g/mol. The normalized spacial score (nSPS) is 9.74. The van der Waals surface area contributed by atoms with Crippen molar-refractivity contribution in [2.45, 2.75) is 6.92 Å². The molecule has 0 radical (unpaired) electrons. The van der Waals surface area contributed by atoms with E-state index in [1.807, 2.05) is 31.2 Å². The fourth-order valence-electron chi connectivity index (χ4n) is 1.53. The predicted molar refractivity (Wildman–Crippen MR) is 75.1 cm³/mol. The maximum absolute atomic E-state index is 11.8. The number of aryl methyl sites for hydroxylation is 1. The van der Waals surface area contributed by atoms with E-state index in [9.17, 15) is 4.79 Å². The van der Waals surface area contributed by atoms with Crippen LogP contribution in [0.25, 0.3) is 5.70 Å². The van der Waals surface area contributed by atoms with E-state index in [2.05, 4.69) is 22.4 Å². The molecule has 19 heavy (non-hydrogen) atoms. The van der Waals surface area contributed by atoms with Crippen molar-refractivity contribution in [3.8, 4) is 0 Å². The summed E-state index contributed by atoms with van der Waals surface area (Å²) in [4.78, 5) is 15.7. The fourth-order valence-corrected chi connectivity index (χ4v) is 1.53. The van der Waals surface area contributed by atoms with Gasteiger partial charge >= 0.3 is 0 Å². The first kappa shape index (κ1) is 12.8. The molecule has 0 atom stereocenters. The van der Waals surface area contributed by atoms with Crippen LogP contribution in [0, 0.1) is 6.92 Å². The SMILES string of the molecule is C=C(NNC(=O)c1ccncc1)c1ccc(C)cc1. The molecule has 1 aromatic heterocycles. The first-order chi connectivity index (χ1) is 9.16. The Morgan fingerprint density at radius 1 is 1.00 bits per heavy atom. The molecule has 4 heteroatoms. The predicted octanol–water partition coefficient (Wildman–Crippen LogP) is 2.30. The van der Waals surface area contributed by atoms with Gasteiger partial charge in [-0.15, -0.1) is 0 Å². The molecule has 0 aliphatic heterocycles. The minimum absolute atomic E-state index is 0.226. The second kappa shape index (κ2) is 5.82. The Bertz CT molecular complexity index is 576. The van der Waals surface area contributed by atoms with Gasteiger partial charge in [0.15, 0.2) is 0 Å². The Morgan fingerprint density at radius 2 is 1.63 bits per heavy atom. The molecule has 1 heterocycles. The Morgan fingerprint density at radius 3 is 2.26 bits per heavy atom. The van der Waals surface area contributed by atoms with Crippen LogP contribution in [0.15, 0.2) is 55.4 Å². The van der Waals surface area contributed by atoms with Gasteiger partial charge in [-0.05, 0) is 24.6 Å². The van der Waals surface area contributed by atoms with Gasteiger partial charge in [0.05, 0.1) is 5.70 Å². The standard InChI is InChI=1S/C15H15N3O/c1-11-3-5-13(6-4-11)12(2)17-18-15(19)14-7-9-16-10-8-14/h3-10,17H,2H2,1H3,(H,18,19). The van der Waals surface area contributed by atoms with Crippen molar-refractivity contribution in [2.24, 2.45) is 0 Å². The summed E-state index contributed by atoms with van der Waals surface area (Å²) in [6.07, 6.45) is 3.15. The van der Waals surface area contributed by atoms with Crippen LogP contribution in [0.1, 0.15) is 21.5 Å². The zero-order valence-electron chi connectivity index (χ0n) is 10.7. The highest BCUT2D eigenvalue weighted by Crippen LogP contribution is 2.09. The van der Waals surface area contributed by atoms with Crippen LogP contribution >= 0.6 is 0 Å². The van der Waals surface area contributed by atoms with E-state index in [1.54, 1.807) is 24.5 Å². The van der Waals surface area contributed by atoms with Crippen molar-refractivity contribution >= 4 is 11.6 Å². The fraction of sp³-hybridized carbons (Fsp3) is 0.0667. The van der Waals surface area contributed by atoms with Gasteiger partial charge in [-0.2, -0.15) is 0 Å². The minimum atomic E-state index is -0.226. The number of carbonyl (C=O) groups is 1. The quantitative estimate of drug-likeness (QED) is 0.822. The van der Waals surface area contributed by atoms with E-state index < -0.39 is 0 Å². The number of pyridine rings is 1. The molecule has 0 bridgehead atoms. The van der Waals surface area contributed by atoms with Gasteiger partial charge in [0.2, 0.25) is 0 Å². The maximum Gasteiger partial charge on any atom is 0.269 e. The molecule has 0 fully saturated rings. The van der Waals surface area contributed by atoms with Crippen LogP contribution in [-0.4, -0.2) is 10.9 Å². The number of amides is 1. The monoisotopic (exact) mass is 253 g/mol. The van der Waals surface area contributed by atoms with Gasteiger partial charge in [0.1, 0.15) is 0 Å². The van der Waals surface area contributed by atoms with Crippen molar-refractivity contribution in [1.82, 2.24) is 15.8 Å². The summed E-state index contributed by atoms with van der Waals surface area (Å²) >= 11 is 0. The summed E-state index contributed by atoms with van der Waals surface area (Å²) in [6.45, 7) is 5.90. The van der Waals surface area contributed by atoms with Gasteiger partial charge in [-0.25, -0.2) is 0 Å². The molecule has 0 saturated carbocycles. The number of nitrogens with zero attached hydrogens (tertiary/aromatic N) is 1. The van der Waals surface area contributed by atoms with Gasteiger partial charge in [-0.1, -0.05) is 36.4 Å². The molecule has 1 amide bonds. The zero-order chi connectivity index (χ0) is 13.7. The van der Waals surface area contributed by atoms with Crippen LogP contribution < -0.4 is 10.9 Å². The molecule has 2 N–H and O–H groups in total. The Labute approximate surface area is 112 Å². The second-order valence-corrected chi connectivity index (χ2v) is 4.16. The number of hydrogen-bond donors (Lipinski definition) is 2. The molecule has 96 valence electrons. The molecule has 0 unspecified atom stereocenters. The highest BCUT2D eigenvalue weighted by atomic mass is 16.2. The van der Waals surface area contributed by atoms with Gasteiger partial charge in [-0.3, -0.25) is 20.6 Å². The van der Waals surface area contributed by atoms with E-state index in [-0.39, 0.29) is 5.91 Å². The lowest BCUT2D eigenvalue weighted by molar-refractivity contribution is 0.0942. The van der Waals surface area contributed by atoms with Crippen molar-refractivity contribution in [1.29, 1.82) is 0 Å². The number of hydrogen-bond acceptors (Lipinski definition) is 3. The van der Waals surface area contributed by atoms with Crippen LogP contribution in [0.4, 0.5) is 0 Å². The first-order valence-electron chi connectivity index (χ1n) is 5.89. The van der Waals surface area contributed by atoms with Crippen molar-refractivity contribution in [3.63, 3.8) is 0 Å². The lowest BCUT2D eigenvalue weighted by Gasteiger charge is -2.11. The van der Waals surface area contributed by atoms with E-state index in [0.717, 1.165) is 5.56 Å². The molecule has 4 nitrogen and oxygen atoms in total. The number of carbonyl (C=O) groups excluding carboxylic acids is 1. The number of nitrogens with one attached hydrogen (secondary N) is 2. The van der Waals surface area contributed by atoms with Gasteiger partial charge in [0, 0.05) is 18.0 Å². The first-order valence-corrected chi connectivity index (χ1v) is 5.89. The summed E-state index contributed by atoms with van der Waals surface area (Å²) in [6, 6.07) is 11.2. The largest absolute Gasteiger partial charge is 0.298 e. The topological polar surface area (TPSA) is 54.0 Å². The minimum Gasteiger partial charge on any atom is -0.298 e. The Hall–Kier alpha value is -2.62. The molecule has 0 aliphatic rings. The molecule has 2 aromatic rings. The van der Waals surface area contributed by atoms with Crippen LogP contribution in [0.5, 0.6) is 0 Å². The molecule has 2 rings (SSSR count). The van der Waals surface area contributed by atoms with Crippen LogP contribution in [0.2, 0.25) is 0 Å². The zero-order valence-corrected chi connectivity index (χ0v) is 10.7. The van der Waals surface area contributed by atoms with E-state index >= 15 is 0 Å². The summed E-state index contributed by atoms with van der Waals surface area (Å²) in [5, 5.41) is 0. The molecule has 0 aliphatic carbocycles. The van der Waals surface area contributed by atoms with Crippen LogP contribution in [-0.2, 0) is 0 Å². The maximum atomic E-state index is 11.8. The third kappa shape index (κ3) is 3.42. The molecule has 0 saturated heterocycles. The van der Waals surface area contributed by atoms with Gasteiger partial charge < -0.3 is 0 Å². The lowest BCUT2D eigenvalue weighted by Crippen LogP contribution is -2.35. The highest BCUT2D eigenvalue weighted by molar-refractivity contribution is 5.94. The average molecular weight is 253 g/mol. The van der Waals surface area contributed by atoms with Crippen molar-refractivity contribution in [2.75, 3.05) is 0 Å². The van der Waals surface area contributed by atoms with E-state index in [4.69, 9.17) is 0 Å². The second-order valence-electron chi connectivity index (χ2n) is 4.16. The summed E-state index contributed by atoms with van der Waals surface area (Å²) < 4.78 is 0. The number of benzene rings is 1. The Balaban J connectivity index is 1.94. The average Bonchev–Trinajstić information content (AvgIpc) is 2.46. The summed E-state index contributed by atoms with van der Waals surface area (Å²) in [5.74, 6) is -0.226. The van der Waals surface area contributed by atoms with Crippen molar-refractivity contribution in [3.05, 3.63) is 72.1 Å². The lowest BCUT2D eigenvalue weighted by atomic mass is 10.1. The molecule has 1 aromatic carbocycles.